The molecule has 26 heavy (non-hydrogen) atoms. The SMILES string of the molecule is COc1ccc(Cl)cc1NC(=O)CSc1nn(-c2ccccc2)c(=S)s1. The monoisotopic (exact) mass is 423 g/mol. The Labute approximate surface area is 169 Å². The van der Waals surface area contributed by atoms with Crippen molar-refractivity contribution in [1.82, 2.24) is 9.78 Å². The Hall–Kier alpha value is -1.87. The molecule has 0 unspecified atom stereocenters. The van der Waals surface area contributed by atoms with Gasteiger partial charge in [-0.25, -0.2) is 4.68 Å². The molecule has 0 fully saturated rings. The van der Waals surface area contributed by atoms with E-state index in [1.807, 2.05) is 30.3 Å². The van der Waals surface area contributed by atoms with Crippen LogP contribution in [-0.2, 0) is 4.79 Å². The van der Waals surface area contributed by atoms with Crippen molar-refractivity contribution in [2.45, 2.75) is 4.34 Å². The van der Waals surface area contributed by atoms with Gasteiger partial charge in [-0.1, -0.05) is 52.9 Å². The largest absolute Gasteiger partial charge is 0.495 e. The van der Waals surface area contributed by atoms with E-state index in [9.17, 15) is 4.79 Å². The van der Waals surface area contributed by atoms with Crippen molar-refractivity contribution in [2.75, 3.05) is 18.2 Å². The van der Waals surface area contributed by atoms with Gasteiger partial charge in [-0.05, 0) is 42.5 Å². The number of hydrogen-bond acceptors (Lipinski definition) is 6. The minimum atomic E-state index is -0.178. The molecule has 1 N–H and O–H groups in total. The number of thioether (sulfide) groups is 1. The number of nitrogens with one attached hydrogen (secondary N) is 1. The number of para-hydroxylation sites is 1. The van der Waals surface area contributed by atoms with Gasteiger partial charge in [0.1, 0.15) is 5.75 Å². The van der Waals surface area contributed by atoms with E-state index >= 15 is 0 Å². The van der Waals surface area contributed by atoms with Gasteiger partial charge >= 0.3 is 0 Å². The second-order valence-electron chi connectivity index (χ2n) is 5.06. The van der Waals surface area contributed by atoms with Gasteiger partial charge in [0.05, 0.1) is 24.2 Å². The lowest BCUT2D eigenvalue weighted by Crippen LogP contribution is -2.14. The number of benzene rings is 2. The van der Waals surface area contributed by atoms with E-state index in [4.69, 9.17) is 28.6 Å². The molecular formula is C17H14ClN3O2S3. The highest BCUT2D eigenvalue weighted by atomic mass is 35.5. The first-order chi connectivity index (χ1) is 12.6. The van der Waals surface area contributed by atoms with Crippen LogP contribution in [0.3, 0.4) is 0 Å². The van der Waals surface area contributed by atoms with Crippen molar-refractivity contribution in [3.8, 4) is 11.4 Å². The molecule has 3 rings (SSSR count). The van der Waals surface area contributed by atoms with Crippen LogP contribution in [0.2, 0.25) is 5.02 Å². The van der Waals surface area contributed by atoms with Gasteiger partial charge in [0.25, 0.3) is 0 Å². The predicted molar refractivity (Wildman–Crippen MR) is 110 cm³/mol. The van der Waals surface area contributed by atoms with Gasteiger partial charge in [0.2, 0.25) is 5.91 Å². The normalized spacial score (nSPS) is 10.5. The number of anilines is 1. The molecule has 0 saturated carbocycles. The van der Waals surface area contributed by atoms with E-state index in [-0.39, 0.29) is 11.7 Å². The smallest absolute Gasteiger partial charge is 0.234 e. The zero-order chi connectivity index (χ0) is 18.5. The van der Waals surface area contributed by atoms with Gasteiger partial charge < -0.3 is 10.1 Å². The van der Waals surface area contributed by atoms with Crippen LogP contribution in [0, 0.1) is 3.95 Å². The minimum absolute atomic E-state index is 0.178. The lowest BCUT2D eigenvalue weighted by atomic mass is 10.3. The molecule has 134 valence electrons. The highest BCUT2D eigenvalue weighted by Gasteiger charge is 2.11. The fourth-order valence-corrected chi connectivity index (χ4v) is 4.48. The number of hydrogen-bond donors (Lipinski definition) is 1. The number of halogens is 1. The third kappa shape index (κ3) is 4.64. The topological polar surface area (TPSA) is 56.1 Å². The molecular weight excluding hydrogens is 410 g/mol. The molecule has 0 spiro atoms. The van der Waals surface area contributed by atoms with Crippen molar-refractivity contribution in [3.63, 3.8) is 0 Å². The van der Waals surface area contributed by atoms with E-state index in [0.717, 1.165) is 10.0 Å². The maximum atomic E-state index is 12.2. The van der Waals surface area contributed by atoms with Crippen molar-refractivity contribution in [1.29, 1.82) is 0 Å². The van der Waals surface area contributed by atoms with E-state index in [0.29, 0.717) is 20.4 Å². The Kier molecular flexibility index (Phi) is 6.31. The molecule has 9 heteroatoms. The Morgan fingerprint density at radius 2 is 2.12 bits per heavy atom. The summed E-state index contributed by atoms with van der Waals surface area (Å²) in [6.07, 6.45) is 0. The number of ether oxygens (including phenoxy) is 1. The molecule has 0 radical (unpaired) electrons. The molecule has 0 aliphatic carbocycles. The zero-order valence-electron chi connectivity index (χ0n) is 13.6. The van der Waals surface area contributed by atoms with Crippen LogP contribution >= 0.6 is 46.9 Å². The molecule has 1 heterocycles. The summed E-state index contributed by atoms with van der Waals surface area (Å²) >= 11 is 14.0. The molecule has 0 saturated heterocycles. The minimum Gasteiger partial charge on any atom is -0.495 e. The average Bonchev–Trinajstić information content (AvgIpc) is 3.02. The zero-order valence-corrected chi connectivity index (χ0v) is 16.8. The lowest BCUT2D eigenvalue weighted by molar-refractivity contribution is -0.113. The van der Waals surface area contributed by atoms with Crippen LogP contribution in [-0.4, -0.2) is 28.6 Å². The summed E-state index contributed by atoms with van der Waals surface area (Å²) < 4.78 is 8.28. The Morgan fingerprint density at radius 3 is 2.85 bits per heavy atom. The first kappa shape index (κ1) is 18.9. The highest BCUT2D eigenvalue weighted by Crippen LogP contribution is 2.29. The van der Waals surface area contributed by atoms with Crippen molar-refractivity contribution < 1.29 is 9.53 Å². The molecule has 3 aromatic rings. The summed E-state index contributed by atoms with van der Waals surface area (Å²) in [4.78, 5) is 12.2. The summed E-state index contributed by atoms with van der Waals surface area (Å²) in [5, 5.41) is 7.80. The Bertz CT molecular complexity index is 973. The van der Waals surface area contributed by atoms with Crippen LogP contribution in [0.4, 0.5) is 5.69 Å². The molecule has 0 atom stereocenters. The van der Waals surface area contributed by atoms with Crippen molar-refractivity contribution >= 4 is 58.5 Å². The van der Waals surface area contributed by atoms with Crippen LogP contribution < -0.4 is 10.1 Å². The quantitative estimate of drug-likeness (QED) is 0.443. The maximum absolute atomic E-state index is 12.2. The Balaban J connectivity index is 1.66. The van der Waals surface area contributed by atoms with E-state index in [1.54, 1.807) is 22.9 Å². The second kappa shape index (κ2) is 8.68. The van der Waals surface area contributed by atoms with Crippen LogP contribution in [0.25, 0.3) is 5.69 Å². The highest BCUT2D eigenvalue weighted by molar-refractivity contribution is 8.01. The van der Waals surface area contributed by atoms with Crippen molar-refractivity contribution in [2.24, 2.45) is 0 Å². The van der Waals surface area contributed by atoms with E-state index in [1.165, 1.54) is 30.2 Å². The Morgan fingerprint density at radius 1 is 1.35 bits per heavy atom. The molecule has 0 bridgehead atoms. The molecule has 1 amide bonds. The number of methoxy groups -OCH3 is 1. The summed E-state index contributed by atoms with van der Waals surface area (Å²) in [5.41, 5.74) is 1.43. The first-order valence-corrected chi connectivity index (χ1v) is 10.1. The fraction of sp³-hybridized carbons (Fsp3) is 0.118. The molecule has 0 aliphatic rings. The number of carbonyl (C=O) groups excluding carboxylic acids is 1. The standard InChI is InChI=1S/C17H14ClN3O2S3/c1-23-14-8-7-11(18)9-13(14)19-15(22)10-25-16-20-21(17(24)26-16)12-5-3-2-4-6-12/h2-9H,10H2,1H3,(H,19,22). The van der Waals surface area contributed by atoms with Crippen LogP contribution in [0.5, 0.6) is 5.75 Å². The number of nitrogens with zero attached hydrogens (tertiary/aromatic N) is 2. The number of carbonyl (C=O) groups is 1. The van der Waals surface area contributed by atoms with Gasteiger partial charge in [-0.2, -0.15) is 0 Å². The van der Waals surface area contributed by atoms with Crippen molar-refractivity contribution in [3.05, 3.63) is 57.5 Å². The third-order valence-electron chi connectivity index (χ3n) is 3.29. The fourth-order valence-electron chi connectivity index (χ4n) is 2.14. The first-order valence-electron chi connectivity index (χ1n) is 7.48. The predicted octanol–water partition coefficient (Wildman–Crippen LogP) is 5.06. The molecule has 1 aromatic heterocycles. The summed E-state index contributed by atoms with van der Waals surface area (Å²) in [7, 11) is 1.54. The van der Waals surface area contributed by atoms with Gasteiger partial charge in [0.15, 0.2) is 8.29 Å². The average molecular weight is 424 g/mol. The van der Waals surface area contributed by atoms with E-state index in [2.05, 4.69) is 10.4 Å². The summed E-state index contributed by atoms with van der Waals surface area (Å²) in [6, 6.07) is 14.7. The molecule has 2 aromatic carbocycles. The summed E-state index contributed by atoms with van der Waals surface area (Å²) in [5.74, 6) is 0.576. The third-order valence-corrected chi connectivity index (χ3v) is 5.89. The van der Waals surface area contributed by atoms with Gasteiger partial charge in [-0.3, -0.25) is 4.79 Å². The number of rotatable bonds is 6. The van der Waals surface area contributed by atoms with E-state index < -0.39 is 0 Å². The lowest BCUT2D eigenvalue weighted by Gasteiger charge is -2.10. The maximum Gasteiger partial charge on any atom is 0.234 e. The van der Waals surface area contributed by atoms with Gasteiger partial charge in [0, 0.05) is 5.02 Å². The molecule has 0 aliphatic heterocycles. The molecule has 5 nitrogen and oxygen atoms in total. The number of aromatic nitrogens is 2. The second-order valence-corrected chi connectivity index (χ2v) is 8.34. The van der Waals surface area contributed by atoms with Crippen LogP contribution in [0.15, 0.2) is 52.9 Å². The van der Waals surface area contributed by atoms with Crippen LogP contribution in [0.1, 0.15) is 0 Å². The summed E-state index contributed by atoms with van der Waals surface area (Å²) in [6.45, 7) is 0. The number of amides is 1. The van der Waals surface area contributed by atoms with Gasteiger partial charge in [-0.15, -0.1) is 5.10 Å².